The first-order valence-electron chi connectivity index (χ1n) is 8.02. The Morgan fingerprint density at radius 1 is 1.17 bits per heavy atom. The van der Waals surface area contributed by atoms with Crippen LogP contribution in [0.1, 0.15) is 30.9 Å². The van der Waals surface area contributed by atoms with Crippen molar-refractivity contribution >= 4 is 11.6 Å². The number of benzene rings is 2. The monoisotopic (exact) mass is 311 g/mol. The lowest BCUT2D eigenvalue weighted by Gasteiger charge is -2.08. The molecule has 0 saturated carbocycles. The highest BCUT2D eigenvalue weighted by atomic mass is 16.5. The Kier molecular flexibility index (Phi) is 6.48. The van der Waals surface area contributed by atoms with Gasteiger partial charge >= 0.3 is 0 Å². The van der Waals surface area contributed by atoms with E-state index in [-0.39, 0.29) is 0 Å². The summed E-state index contributed by atoms with van der Waals surface area (Å²) in [5.41, 5.74) is 9.15. The standard InChI is InChI=1S/C19H25N3O/c1-3-4-11-23-18-10-6-8-16(13-18)14-21-19(20)22-17-9-5-7-15(2)12-17/h5-10,12-13H,3-4,11,14H2,1-2H3,(H3,20,21,22). The molecule has 0 unspecified atom stereocenters. The van der Waals surface area contributed by atoms with E-state index in [1.807, 2.05) is 55.5 Å². The zero-order valence-corrected chi connectivity index (χ0v) is 13.9. The second-order valence-electron chi connectivity index (χ2n) is 5.55. The van der Waals surface area contributed by atoms with Crippen LogP contribution in [0.25, 0.3) is 0 Å². The molecule has 23 heavy (non-hydrogen) atoms. The van der Waals surface area contributed by atoms with Gasteiger partial charge in [-0.1, -0.05) is 37.6 Å². The molecular weight excluding hydrogens is 286 g/mol. The van der Waals surface area contributed by atoms with Crippen molar-refractivity contribution in [2.45, 2.75) is 33.2 Å². The molecule has 0 atom stereocenters. The minimum absolute atomic E-state index is 0.410. The van der Waals surface area contributed by atoms with Gasteiger partial charge in [-0.05, 0) is 48.7 Å². The first kappa shape index (κ1) is 16.9. The second kappa shape index (κ2) is 8.83. The molecule has 4 heteroatoms. The van der Waals surface area contributed by atoms with Gasteiger partial charge in [0, 0.05) is 5.69 Å². The molecule has 0 amide bonds. The van der Waals surface area contributed by atoms with E-state index in [1.165, 1.54) is 5.56 Å². The fraction of sp³-hybridized carbons (Fsp3) is 0.316. The van der Waals surface area contributed by atoms with Gasteiger partial charge in [0.15, 0.2) is 5.96 Å². The Morgan fingerprint density at radius 3 is 2.78 bits per heavy atom. The first-order valence-corrected chi connectivity index (χ1v) is 8.02. The molecule has 2 aromatic carbocycles. The number of aryl methyl sites for hydroxylation is 1. The van der Waals surface area contributed by atoms with Crippen molar-refractivity contribution in [1.29, 1.82) is 0 Å². The first-order chi connectivity index (χ1) is 11.2. The lowest BCUT2D eigenvalue weighted by Crippen LogP contribution is -2.22. The van der Waals surface area contributed by atoms with Crippen molar-refractivity contribution < 1.29 is 4.74 Å². The highest BCUT2D eigenvalue weighted by Gasteiger charge is 1.99. The molecule has 0 bridgehead atoms. The van der Waals surface area contributed by atoms with E-state index in [0.29, 0.717) is 12.5 Å². The summed E-state index contributed by atoms with van der Waals surface area (Å²) in [6.45, 7) is 5.47. The molecular formula is C19H25N3O. The number of aliphatic imine (C=N–C) groups is 1. The smallest absolute Gasteiger partial charge is 0.193 e. The molecule has 0 spiro atoms. The van der Waals surface area contributed by atoms with Crippen LogP contribution in [0.5, 0.6) is 5.75 Å². The maximum absolute atomic E-state index is 5.95. The van der Waals surface area contributed by atoms with Gasteiger partial charge in [0.25, 0.3) is 0 Å². The predicted molar refractivity (Wildman–Crippen MR) is 97.0 cm³/mol. The van der Waals surface area contributed by atoms with Crippen LogP contribution in [0.15, 0.2) is 53.5 Å². The maximum atomic E-state index is 5.95. The average Bonchev–Trinajstić information content (AvgIpc) is 2.54. The number of hydrogen-bond acceptors (Lipinski definition) is 2. The number of ether oxygens (including phenoxy) is 1. The van der Waals surface area contributed by atoms with Crippen molar-refractivity contribution in [2.24, 2.45) is 10.7 Å². The highest BCUT2D eigenvalue weighted by Crippen LogP contribution is 2.15. The van der Waals surface area contributed by atoms with Crippen LogP contribution >= 0.6 is 0 Å². The van der Waals surface area contributed by atoms with Gasteiger partial charge in [-0.2, -0.15) is 0 Å². The van der Waals surface area contributed by atoms with Gasteiger partial charge in [0.1, 0.15) is 5.75 Å². The largest absolute Gasteiger partial charge is 0.494 e. The van der Waals surface area contributed by atoms with E-state index in [2.05, 4.69) is 17.2 Å². The molecule has 0 fully saturated rings. The van der Waals surface area contributed by atoms with Crippen LogP contribution in [-0.2, 0) is 6.54 Å². The van der Waals surface area contributed by atoms with Gasteiger partial charge in [-0.3, -0.25) is 0 Å². The Balaban J connectivity index is 1.92. The zero-order chi connectivity index (χ0) is 16.5. The molecule has 122 valence electrons. The molecule has 0 heterocycles. The number of nitrogens with one attached hydrogen (secondary N) is 1. The van der Waals surface area contributed by atoms with E-state index in [4.69, 9.17) is 10.5 Å². The minimum atomic E-state index is 0.410. The van der Waals surface area contributed by atoms with Crippen molar-refractivity contribution in [2.75, 3.05) is 11.9 Å². The zero-order valence-electron chi connectivity index (χ0n) is 13.9. The number of nitrogens with two attached hydrogens (primary N) is 1. The Labute approximate surface area is 138 Å². The van der Waals surface area contributed by atoms with Crippen LogP contribution in [0.4, 0.5) is 5.69 Å². The van der Waals surface area contributed by atoms with Crippen molar-refractivity contribution in [3.05, 3.63) is 59.7 Å². The third-order valence-corrected chi connectivity index (χ3v) is 3.39. The van der Waals surface area contributed by atoms with Crippen LogP contribution < -0.4 is 15.8 Å². The van der Waals surface area contributed by atoms with Crippen LogP contribution in [0, 0.1) is 6.92 Å². The highest BCUT2D eigenvalue weighted by molar-refractivity contribution is 5.92. The number of guanidine groups is 1. The third kappa shape index (κ3) is 6.02. The van der Waals surface area contributed by atoms with Crippen LogP contribution in [0.3, 0.4) is 0 Å². The summed E-state index contributed by atoms with van der Waals surface area (Å²) in [5, 5.41) is 3.11. The summed E-state index contributed by atoms with van der Waals surface area (Å²) in [6, 6.07) is 16.0. The van der Waals surface area contributed by atoms with Gasteiger partial charge in [-0.15, -0.1) is 0 Å². The molecule has 0 saturated heterocycles. The molecule has 4 nitrogen and oxygen atoms in total. The van der Waals surface area contributed by atoms with E-state index >= 15 is 0 Å². The number of anilines is 1. The molecule has 0 aromatic heterocycles. The van der Waals surface area contributed by atoms with Gasteiger partial charge < -0.3 is 15.8 Å². The van der Waals surface area contributed by atoms with E-state index in [1.54, 1.807) is 0 Å². The third-order valence-electron chi connectivity index (χ3n) is 3.39. The molecule has 0 aliphatic carbocycles. The van der Waals surface area contributed by atoms with Crippen LogP contribution in [-0.4, -0.2) is 12.6 Å². The molecule has 2 aromatic rings. The van der Waals surface area contributed by atoms with Crippen LogP contribution in [0.2, 0.25) is 0 Å². The lowest BCUT2D eigenvalue weighted by molar-refractivity contribution is 0.309. The van der Waals surface area contributed by atoms with E-state index in [0.717, 1.165) is 36.4 Å². The number of hydrogen-bond donors (Lipinski definition) is 2. The summed E-state index contributed by atoms with van der Waals surface area (Å²) in [5.74, 6) is 1.30. The normalized spacial score (nSPS) is 11.3. The van der Waals surface area contributed by atoms with Gasteiger partial charge in [0.05, 0.1) is 13.2 Å². The number of rotatable bonds is 7. The molecule has 0 aliphatic heterocycles. The second-order valence-corrected chi connectivity index (χ2v) is 5.55. The van der Waals surface area contributed by atoms with Crippen molar-refractivity contribution in [3.8, 4) is 5.75 Å². The van der Waals surface area contributed by atoms with E-state index in [9.17, 15) is 0 Å². The molecule has 0 radical (unpaired) electrons. The van der Waals surface area contributed by atoms with Crippen molar-refractivity contribution in [1.82, 2.24) is 0 Å². The predicted octanol–water partition coefficient (Wildman–Crippen LogP) is 4.10. The SMILES string of the molecule is CCCCOc1cccc(CN=C(N)Nc2cccc(C)c2)c1. The summed E-state index contributed by atoms with van der Waals surface area (Å²) in [6.07, 6.45) is 2.20. The van der Waals surface area contributed by atoms with Gasteiger partial charge in [-0.25, -0.2) is 4.99 Å². The Hall–Kier alpha value is -2.49. The number of nitrogens with zero attached hydrogens (tertiary/aromatic N) is 1. The van der Waals surface area contributed by atoms with E-state index < -0.39 is 0 Å². The summed E-state index contributed by atoms with van der Waals surface area (Å²) < 4.78 is 5.71. The molecule has 0 aliphatic rings. The summed E-state index contributed by atoms with van der Waals surface area (Å²) >= 11 is 0. The quantitative estimate of drug-likeness (QED) is 0.460. The average molecular weight is 311 g/mol. The fourth-order valence-electron chi connectivity index (χ4n) is 2.15. The summed E-state index contributed by atoms with van der Waals surface area (Å²) in [4.78, 5) is 4.38. The summed E-state index contributed by atoms with van der Waals surface area (Å²) in [7, 11) is 0. The Morgan fingerprint density at radius 2 is 2.00 bits per heavy atom. The minimum Gasteiger partial charge on any atom is -0.494 e. The molecule has 3 N–H and O–H groups in total. The topological polar surface area (TPSA) is 59.6 Å². The maximum Gasteiger partial charge on any atom is 0.193 e. The molecule has 2 rings (SSSR count). The lowest BCUT2D eigenvalue weighted by atomic mass is 10.2. The van der Waals surface area contributed by atoms with Gasteiger partial charge in [0.2, 0.25) is 0 Å². The van der Waals surface area contributed by atoms with Crippen molar-refractivity contribution in [3.63, 3.8) is 0 Å². The number of unbranched alkanes of at least 4 members (excludes halogenated alkanes) is 1. The Bertz CT molecular complexity index is 653. The fourth-order valence-corrected chi connectivity index (χ4v) is 2.15.